The highest BCUT2D eigenvalue weighted by Gasteiger charge is 1.98. The topological polar surface area (TPSA) is 26.0 Å². The van der Waals surface area contributed by atoms with Crippen molar-refractivity contribution in [3.63, 3.8) is 0 Å². The SMILES string of the molecule is NCCc1cc(F)cc(F)c1. The second-order valence-corrected chi connectivity index (χ2v) is 2.32. The number of benzene rings is 1. The minimum Gasteiger partial charge on any atom is -0.330 e. The minimum atomic E-state index is -0.548. The van der Waals surface area contributed by atoms with E-state index in [-0.39, 0.29) is 0 Å². The van der Waals surface area contributed by atoms with Gasteiger partial charge in [0.25, 0.3) is 0 Å². The van der Waals surface area contributed by atoms with Crippen molar-refractivity contribution < 1.29 is 8.78 Å². The van der Waals surface area contributed by atoms with Gasteiger partial charge in [-0.05, 0) is 30.7 Å². The summed E-state index contributed by atoms with van der Waals surface area (Å²) in [5.41, 5.74) is 5.82. The summed E-state index contributed by atoms with van der Waals surface area (Å²) in [6.07, 6.45) is 0.509. The van der Waals surface area contributed by atoms with Crippen LogP contribution in [-0.4, -0.2) is 6.54 Å². The minimum absolute atomic E-state index is 0.406. The molecule has 1 aromatic rings. The second kappa shape index (κ2) is 3.44. The van der Waals surface area contributed by atoms with Gasteiger partial charge in [-0.15, -0.1) is 0 Å². The molecule has 1 nitrogen and oxygen atoms in total. The van der Waals surface area contributed by atoms with E-state index in [0.717, 1.165) is 6.07 Å². The Labute approximate surface area is 63.8 Å². The lowest BCUT2D eigenvalue weighted by Crippen LogP contribution is -2.03. The first-order chi connectivity index (χ1) is 5.22. The number of rotatable bonds is 2. The molecule has 1 rings (SSSR count). The van der Waals surface area contributed by atoms with Gasteiger partial charge in [-0.3, -0.25) is 0 Å². The van der Waals surface area contributed by atoms with Crippen LogP contribution in [0.2, 0.25) is 0 Å². The zero-order valence-corrected chi connectivity index (χ0v) is 5.98. The van der Waals surface area contributed by atoms with Gasteiger partial charge in [0.15, 0.2) is 0 Å². The third-order valence-corrected chi connectivity index (χ3v) is 1.36. The van der Waals surface area contributed by atoms with Gasteiger partial charge in [0.1, 0.15) is 11.6 Å². The van der Waals surface area contributed by atoms with Crippen molar-refractivity contribution in [2.45, 2.75) is 6.42 Å². The Morgan fingerprint density at radius 3 is 2.09 bits per heavy atom. The Kier molecular flexibility index (Phi) is 2.54. The van der Waals surface area contributed by atoms with E-state index >= 15 is 0 Å². The van der Waals surface area contributed by atoms with Crippen LogP contribution in [0, 0.1) is 11.6 Å². The monoisotopic (exact) mass is 157 g/mol. The van der Waals surface area contributed by atoms with E-state index in [2.05, 4.69) is 0 Å². The molecular weight excluding hydrogens is 148 g/mol. The summed E-state index contributed by atoms with van der Waals surface area (Å²) in [4.78, 5) is 0. The van der Waals surface area contributed by atoms with E-state index < -0.39 is 11.6 Å². The van der Waals surface area contributed by atoms with Crippen LogP contribution in [0.4, 0.5) is 8.78 Å². The van der Waals surface area contributed by atoms with E-state index in [9.17, 15) is 8.78 Å². The molecule has 0 radical (unpaired) electrons. The summed E-state index contributed by atoms with van der Waals surface area (Å²) < 4.78 is 24.9. The molecule has 0 saturated carbocycles. The van der Waals surface area contributed by atoms with Crippen LogP contribution in [0.25, 0.3) is 0 Å². The summed E-state index contributed by atoms with van der Waals surface area (Å²) in [6.45, 7) is 0.406. The smallest absolute Gasteiger partial charge is 0.126 e. The largest absolute Gasteiger partial charge is 0.330 e. The molecule has 0 bridgehead atoms. The van der Waals surface area contributed by atoms with Crippen LogP contribution >= 0.6 is 0 Å². The van der Waals surface area contributed by atoms with Crippen LogP contribution in [0.15, 0.2) is 18.2 Å². The molecule has 3 heteroatoms. The summed E-state index contributed by atoms with van der Waals surface area (Å²) >= 11 is 0. The van der Waals surface area contributed by atoms with Crippen LogP contribution in [0.3, 0.4) is 0 Å². The molecule has 0 heterocycles. The molecule has 0 aliphatic carbocycles. The van der Waals surface area contributed by atoms with E-state index in [0.29, 0.717) is 18.5 Å². The molecule has 11 heavy (non-hydrogen) atoms. The fourth-order valence-electron chi connectivity index (χ4n) is 0.922. The van der Waals surface area contributed by atoms with Crippen molar-refractivity contribution >= 4 is 0 Å². The Hall–Kier alpha value is -0.960. The molecular formula is C8H9F2N. The van der Waals surface area contributed by atoms with Gasteiger partial charge >= 0.3 is 0 Å². The predicted octanol–water partition coefficient (Wildman–Crippen LogP) is 1.47. The van der Waals surface area contributed by atoms with Gasteiger partial charge in [-0.2, -0.15) is 0 Å². The quantitative estimate of drug-likeness (QED) is 0.691. The molecule has 0 aliphatic rings. The summed E-state index contributed by atoms with van der Waals surface area (Å²) in [5, 5.41) is 0. The fourth-order valence-corrected chi connectivity index (χ4v) is 0.922. The van der Waals surface area contributed by atoms with Crippen LogP contribution in [0.5, 0.6) is 0 Å². The maximum Gasteiger partial charge on any atom is 0.126 e. The molecule has 0 saturated heterocycles. The average molecular weight is 157 g/mol. The fraction of sp³-hybridized carbons (Fsp3) is 0.250. The van der Waals surface area contributed by atoms with Gasteiger partial charge in [-0.1, -0.05) is 0 Å². The lowest BCUT2D eigenvalue weighted by Gasteiger charge is -1.98. The standard InChI is InChI=1S/C8H9F2N/c9-7-3-6(1-2-11)4-8(10)5-7/h3-5H,1-2,11H2. The van der Waals surface area contributed by atoms with Crippen LogP contribution in [-0.2, 0) is 6.42 Å². The molecule has 0 fully saturated rings. The van der Waals surface area contributed by atoms with Gasteiger partial charge < -0.3 is 5.73 Å². The molecule has 2 N–H and O–H groups in total. The highest BCUT2D eigenvalue weighted by Crippen LogP contribution is 2.07. The number of nitrogens with two attached hydrogens (primary N) is 1. The van der Waals surface area contributed by atoms with Crippen molar-refractivity contribution in [2.75, 3.05) is 6.54 Å². The molecule has 1 aromatic carbocycles. The van der Waals surface area contributed by atoms with Gasteiger partial charge in [0, 0.05) is 6.07 Å². The zero-order chi connectivity index (χ0) is 8.27. The van der Waals surface area contributed by atoms with Gasteiger partial charge in [0.05, 0.1) is 0 Å². The van der Waals surface area contributed by atoms with Crippen LogP contribution < -0.4 is 5.73 Å². The van der Waals surface area contributed by atoms with E-state index in [1.807, 2.05) is 0 Å². The number of hydrogen-bond acceptors (Lipinski definition) is 1. The highest BCUT2D eigenvalue weighted by molar-refractivity contribution is 5.17. The maximum atomic E-state index is 12.5. The normalized spacial score (nSPS) is 10.1. The first kappa shape index (κ1) is 8.14. The van der Waals surface area contributed by atoms with E-state index in [1.54, 1.807) is 0 Å². The molecule has 0 spiro atoms. The first-order valence-electron chi connectivity index (χ1n) is 3.37. The van der Waals surface area contributed by atoms with Crippen molar-refractivity contribution in [1.29, 1.82) is 0 Å². The van der Waals surface area contributed by atoms with Gasteiger partial charge in [0.2, 0.25) is 0 Å². The Balaban J connectivity index is 2.89. The molecule has 0 amide bonds. The predicted molar refractivity (Wildman–Crippen MR) is 39.1 cm³/mol. The average Bonchev–Trinajstić information content (AvgIpc) is 1.85. The highest BCUT2D eigenvalue weighted by atomic mass is 19.1. The van der Waals surface area contributed by atoms with Crippen molar-refractivity contribution in [3.8, 4) is 0 Å². The first-order valence-corrected chi connectivity index (χ1v) is 3.37. The maximum absolute atomic E-state index is 12.5. The molecule has 0 aromatic heterocycles. The second-order valence-electron chi connectivity index (χ2n) is 2.32. The third kappa shape index (κ3) is 2.27. The van der Waals surface area contributed by atoms with Gasteiger partial charge in [-0.25, -0.2) is 8.78 Å². The third-order valence-electron chi connectivity index (χ3n) is 1.36. The number of hydrogen-bond donors (Lipinski definition) is 1. The van der Waals surface area contributed by atoms with Crippen molar-refractivity contribution in [1.82, 2.24) is 0 Å². The Morgan fingerprint density at radius 2 is 1.64 bits per heavy atom. The van der Waals surface area contributed by atoms with Crippen LogP contribution in [0.1, 0.15) is 5.56 Å². The summed E-state index contributed by atoms with van der Waals surface area (Å²) in [5.74, 6) is -1.10. The molecule has 60 valence electrons. The molecule has 0 atom stereocenters. The lowest BCUT2D eigenvalue weighted by atomic mass is 10.1. The summed E-state index contributed by atoms with van der Waals surface area (Å²) in [7, 11) is 0. The van der Waals surface area contributed by atoms with E-state index in [1.165, 1.54) is 12.1 Å². The van der Waals surface area contributed by atoms with E-state index in [4.69, 9.17) is 5.73 Å². The Morgan fingerprint density at radius 1 is 1.09 bits per heavy atom. The van der Waals surface area contributed by atoms with Crippen molar-refractivity contribution in [3.05, 3.63) is 35.4 Å². The number of halogens is 2. The lowest BCUT2D eigenvalue weighted by molar-refractivity contribution is 0.579. The Bertz CT molecular complexity index is 228. The zero-order valence-electron chi connectivity index (χ0n) is 5.98. The van der Waals surface area contributed by atoms with Crippen molar-refractivity contribution in [2.24, 2.45) is 5.73 Å². The molecule has 0 unspecified atom stereocenters. The summed E-state index contributed by atoms with van der Waals surface area (Å²) in [6, 6.07) is 3.42. The molecule has 0 aliphatic heterocycles.